The largest absolute Gasteiger partial charge is 0.497 e. The minimum Gasteiger partial charge on any atom is -0.497 e. The van der Waals surface area contributed by atoms with Gasteiger partial charge in [-0.3, -0.25) is 0 Å². The predicted molar refractivity (Wildman–Crippen MR) is 75.1 cm³/mol. The third-order valence-corrected chi connectivity index (χ3v) is 2.84. The maximum Gasteiger partial charge on any atom is 0.348 e. The van der Waals surface area contributed by atoms with Gasteiger partial charge in [0.2, 0.25) is 0 Å². The number of benzene rings is 1. The van der Waals surface area contributed by atoms with Crippen molar-refractivity contribution >= 4 is 22.9 Å². The van der Waals surface area contributed by atoms with Crippen LogP contribution in [0, 0.1) is 11.3 Å². The molecule has 102 valence electrons. The summed E-state index contributed by atoms with van der Waals surface area (Å²) >= 11 is 0. The van der Waals surface area contributed by atoms with Gasteiger partial charge in [0.15, 0.2) is 0 Å². The Bertz CT molecular complexity index is 707. The number of esters is 1. The fraction of sp³-hybridized carbons (Fsp3) is 0.200. The van der Waals surface area contributed by atoms with Crippen molar-refractivity contribution in [2.24, 2.45) is 0 Å². The standard InChI is InChI=1S/C15H14N2O3/c1-3-20-15(18)10(8-16)6-11-9-17-14-5-4-12(19-2)7-13(11)14/h4-7,9,17H,3H2,1-2H3/b10-6+. The summed E-state index contributed by atoms with van der Waals surface area (Å²) in [5.41, 5.74) is 1.61. The van der Waals surface area contributed by atoms with Crippen LogP contribution in [0.25, 0.3) is 17.0 Å². The highest BCUT2D eigenvalue weighted by atomic mass is 16.5. The molecule has 1 heterocycles. The first-order chi connectivity index (χ1) is 9.69. The molecule has 5 heteroatoms. The zero-order valence-corrected chi connectivity index (χ0v) is 11.3. The van der Waals surface area contributed by atoms with Crippen molar-refractivity contribution in [1.82, 2.24) is 4.98 Å². The Morgan fingerprint density at radius 2 is 2.30 bits per heavy atom. The van der Waals surface area contributed by atoms with Gasteiger partial charge in [0.25, 0.3) is 0 Å². The van der Waals surface area contributed by atoms with E-state index in [1.54, 1.807) is 20.2 Å². The van der Waals surface area contributed by atoms with Crippen molar-refractivity contribution in [3.8, 4) is 11.8 Å². The lowest BCUT2D eigenvalue weighted by atomic mass is 10.1. The highest BCUT2D eigenvalue weighted by molar-refractivity contribution is 6.01. The third-order valence-electron chi connectivity index (χ3n) is 2.84. The molecule has 2 rings (SSSR count). The molecular formula is C15H14N2O3. The van der Waals surface area contributed by atoms with Gasteiger partial charge < -0.3 is 14.5 Å². The Kier molecular flexibility index (Phi) is 4.06. The number of nitrogens with one attached hydrogen (secondary N) is 1. The summed E-state index contributed by atoms with van der Waals surface area (Å²) in [6, 6.07) is 7.42. The molecular weight excluding hydrogens is 256 g/mol. The van der Waals surface area contributed by atoms with Crippen LogP contribution in [0.3, 0.4) is 0 Å². The van der Waals surface area contributed by atoms with E-state index < -0.39 is 5.97 Å². The van der Waals surface area contributed by atoms with Crippen LogP contribution in [0.5, 0.6) is 5.75 Å². The lowest BCUT2D eigenvalue weighted by Gasteiger charge is -2.01. The molecule has 1 N–H and O–H groups in total. The number of carbonyl (C=O) groups excluding carboxylic acids is 1. The highest BCUT2D eigenvalue weighted by Gasteiger charge is 2.11. The summed E-state index contributed by atoms with van der Waals surface area (Å²) in [6.07, 6.45) is 3.25. The van der Waals surface area contributed by atoms with Crippen LogP contribution in [-0.2, 0) is 9.53 Å². The van der Waals surface area contributed by atoms with Crippen molar-refractivity contribution in [1.29, 1.82) is 5.26 Å². The normalized spacial score (nSPS) is 11.2. The van der Waals surface area contributed by atoms with E-state index in [4.69, 9.17) is 14.7 Å². The third kappa shape index (κ3) is 2.64. The Hall–Kier alpha value is -2.74. The first-order valence-corrected chi connectivity index (χ1v) is 6.13. The van der Waals surface area contributed by atoms with E-state index in [9.17, 15) is 4.79 Å². The van der Waals surface area contributed by atoms with Gasteiger partial charge in [-0.2, -0.15) is 5.26 Å². The fourth-order valence-corrected chi connectivity index (χ4v) is 1.87. The SMILES string of the molecule is CCOC(=O)/C(C#N)=C/c1c[nH]c2ccc(OC)cc12. The molecule has 0 saturated carbocycles. The zero-order valence-electron chi connectivity index (χ0n) is 11.3. The number of ether oxygens (including phenoxy) is 2. The summed E-state index contributed by atoms with van der Waals surface area (Å²) in [5.74, 6) is 0.0913. The van der Waals surface area contributed by atoms with Gasteiger partial charge in [-0.05, 0) is 31.2 Å². The first-order valence-electron chi connectivity index (χ1n) is 6.13. The van der Waals surface area contributed by atoms with Gasteiger partial charge in [0.05, 0.1) is 13.7 Å². The molecule has 0 spiro atoms. The van der Waals surface area contributed by atoms with Crippen LogP contribution >= 0.6 is 0 Å². The van der Waals surface area contributed by atoms with E-state index in [1.807, 2.05) is 24.3 Å². The number of rotatable bonds is 4. The Balaban J connectivity index is 2.47. The van der Waals surface area contributed by atoms with Crippen molar-refractivity contribution in [2.45, 2.75) is 6.92 Å². The number of aromatic nitrogens is 1. The zero-order chi connectivity index (χ0) is 14.5. The van der Waals surface area contributed by atoms with Gasteiger partial charge in [0.1, 0.15) is 17.4 Å². The second-order valence-corrected chi connectivity index (χ2v) is 4.05. The summed E-state index contributed by atoms with van der Waals surface area (Å²) in [6.45, 7) is 1.93. The quantitative estimate of drug-likeness (QED) is 0.526. The van der Waals surface area contributed by atoms with Crippen molar-refractivity contribution in [3.63, 3.8) is 0 Å². The molecule has 0 aliphatic rings. The van der Waals surface area contributed by atoms with Crippen LogP contribution in [0.4, 0.5) is 0 Å². The van der Waals surface area contributed by atoms with Crippen LogP contribution in [0.1, 0.15) is 12.5 Å². The molecule has 0 amide bonds. The Labute approximate surface area is 116 Å². The molecule has 0 unspecified atom stereocenters. The van der Waals surface area contributed by atoms with Gasteiger partial charge in [0, 0.05) is 22.7 Å². The summed E-state index contributed by atoms with van der Waals surface area (Å²) < 4.78 is 10.0. The van der Waals surface area contributed by atoms with E-state index >= 15 is 0 Å². The van der Waals surface area contributed by atoms with Gasteiger partial charge >= 0.3 is 5.97 Å². The molecule has 20 heavy (non-hydrogen) atoms. The number of nitrogens with zero attached hydrogens (tertiary/aromatic N) is 1. The molecule has 0 aliphatic carbocycles. The van der Waals surface area contributed by atoms with Gasteiger partial charge in [-0.15, -0.1) is 0 Å². The Morgan fingerprint density at radius 3 is 2.95 bits per heavy atom. The molecule has 5 nitrogen and oxygen atoms in total. The first kappa shape index (κ1) is 13.7. The lowest BCUT2D eigenvalue weighted by Crippen LogP contribution is -2.05. The number of methoxy groups -OCH3 is 1. The minimum atomic E-state index is -0.618. The average Bonchev–Trinajstić information content (AvgIpc) is 2.86. The fourth-order valence-electron chi connectivity index (χ4n) is 1.87. The second-order valence-electron chi connectivity index (χ2n) is 4.05. The summed E-state index contributed by atoms with van der Waals surface area (Å²) in [4.78, 5) is 14.7. The average molecular weight is 270 g/mol. The minimum absolute atomic E-state index is 0.0319. The summed E-state index contributed by atoms with van der Waals surface area (Å²) in [7, 11) is 1.59. The number of carbonyl (C=O) groups is 1. The smallest absolute Gasteiger partial charge is 0.348 e. The molecule has 0 bridgehead atoms. The predicted octanol–water partition coefficient (Wildman–Crippen LogP) is 2.65. The van der Waals surface area contributed by atoms with E-state index in [0.29, 0.717) is 5.75 Å². The molecule has 1 aromatic carbocycles. The molecule has 0 aliphatic heterocycles. The molecule has 0 atom stereocenters. The van der Waals surface area contributed by atoms with Crippen LogP contribution < -0.4 is 4.74 Å². The number of aromatic amines is 1. The van der Waals surface area contributed by atoms with E-state index in [0.717, 1.165) is 16.5 Å². The van der Waals surface area contributed by atoms with E-state index in [1.165, 1.54) is 6.08 Å². The van der Waals surface area contributed by atoms with Crippen LogP contribution in [0.15, 0.2) is 30.0 Å². The number of H-pyrrole nitrogens is 1. The molecule has 1 aromatic heterocycles. The van der Waals surface area contributed by atoms with Crippen molar-refractivity contribution < 1.29 is 14.3 Å². The van der Waals surface area contributed by atoms with Crippen molar-refractivity contribution in [3.05, 3.63) is 35.5 Å². The Morgan fingerprint density at radius 1 is 1.50 bits per heavy atom. The molecule has 2 aromatic rings. The number of hydrogen-bond donors (Lipinski definition) is 1. The van der Waals surface area contributed by atoms with Gasteiger partial charge in [-0.25, -0.2) is 4.79 Å². The highest BCUT2D eigenvalue weighted by Crippen LogP contribution is 2.25. The maximum absolute atomic E-state index is 11.6. The topological polar surface area (TPSA) is 75.1 Å². The lowest BCUT2D eigenvalue weighted by molar-refractivity contribution is -0.137. The number of hydrogen-bond acceptors (Lipinski definition) is 4. The maximum atomic E-state index is 11.6. The van der Waals surface area contributed by atoms with Crippen LogP contribution in [0.2, 0.25) is 0 Å². The number of fused-ring (bicyclic) bond motifs is 1. The number of nitriles is 1. The summed E-state index contributed by atoms with van der Waals surface area (Å²) in [5, 5.41) is 9.92. The monoisotopic (exact) mass is 270 g/mol. The molecule has 0 fully saturated rings. The molecule has 0 saturated heterocycles. The van der Waals surface area contributed by atoms with E-state index in [-0.39, 0.29) is 12.2 Å². The van der Waals surface area contributed by atoms with Crippen LogP contribution in [-0.4, -0.2) is 24.7 Å². The van der Waals surface area contributed by atoms with E-state index in [2.05, 4.69) is 4.98 Å². The van der Waals surface area contributed by atoms with Gasteiger partial charge in [-0.1, -0.05) is 0 Å². The second kappa shape index (κ2) is 5.93. The van der Waals surface area contributed by atoms with Crippen molar-refractivity contribution in [2.75, 3.05) is 13.7 Å². The molecule has 0 radical (unpaired) electrons.